The summed E-state index contributed by atoms with van der Waals surface area (Å²) in [5.41, 5.74) is -0.0118. The molecule has 4 aliphatic rings. The summed E-state index contributed by atoms with van der Waals surface area (Å²) in [4.78, 5) is 10.4. The lowest BCUT2D eigenvalue weighted by molar-refractivity contribution is -0.136. The van der Waals surface area contributed by atoms with Gasteiger partial charge in [-0.05, 0) is 55.8 Å². The predicted molar refractivity (Wildman–Crippen MR) is 79.7 cm³/mol. The van der Waals surface area contributed by atoms with E-state index in [2.05, 4.69) is 4.72 Å². The minimum atomic E-state index is -3.51. The number of carboxylic acids is 1. The van der Waals surface area contributed by atoms with E-state index in [1.165, 1.54) is 6.42 Å². The minimum absolute atomic E-state index is 0.0118. The maximum atomic E-state index is 11.9. The van der Waals surface area contributed by atoms with Crippen LogP contribution in [0.5, 0.6) is 0 Å². The molecule has 0 radical (unpaired) electrons. The Balaban J connectivity index is 1.64. The Bertz CT molecular complexity index is 533. The molecule has 4 fully saturated rings. The number of hydrogen-bond acceptors (Lipinski definition) is 3. The highest BCUT2D eigenvalue weighted by molar-refractivity contribution is 7.89. The summed E-state index contributed by atoms with van der Waals surface area (Å²) in [5, 5.41) is 8.60. The number of carboxylic acid groups (broad SMARTS) is 1. The van der Waals surface area contributed by atoms with Gasteiger partial charge in [-0.1, -0.05) is 0 Å². The number of carbonyl (C=O) groups is 1. The number of aliphatic carboxylic acids is 1. The number of halogens is 1. The Hall–Kier alpha value is -0.330. The van der Waals surface area contributed by atoms with E-state index in [0.29, 0.717) is 18.4 Å². The van der Waals surface area contributed by atoms with Crippen molar-refractivity contribution >= 4 is 27.6 Å². The topological polar surface area (TPSA) is 83.5 Å². The van der Waals surface area contributed by atoms with Crippen molar-refractivity contribution < 1.29 is 18.3 Å². The number of sulfonamides is 1. The molecule has 0 saturated heterocycles. The van der Waals surface area contributed by atoms with Crippen molar-refractivity contribution in [3.8, 4) is 0 Å². The minimum Gasteiger partial charge on any atom is -0.481 e. The van der Waals surface area contributed by atoms with Gasteiger partial charge in [0.2, 0.25) is 10.0 Å². The SMILES string of the molecule is O=C(O)CCS(=O)(=O)NCC12CC3CC(CC(Cl)(C3)C1)C2. The van der Waals surface area contributed by atoms with E-state index in [0.717, 1.165) is 32.1 Å². The molecule has 0 spiro atoms. The molecule has 4 bridgehead atoms. The first-order valence-corrected chi connectivity index (χ1v) is 9.60. The summed E-state index contributed by atoms with van der Waals surface area (Å²) in [6.07, 6.45) is 6.01. The molecule has 2 unspecified atom stereocenters. The molecule has 0 amide bonds. The van der Waals surface area contributed by atoms with Crippen molar-refractivity contribution in [2.75, 3.05) is 12.3 Å². The summed E-state index contributed by atoms with van der Waals surface area (Å²) in [7, 11) is -3.51. The van der Waals surface area contributed by atoms with Gasteiger partial charge < -0.3 is 5.11 Å². The van der Waals surface area contributed by atoms with E-state index in [1.54, 1.807) is 0 Å². The van der Waals surface area contributed by atoms with Gasteiger partial charge in [0.25, 0.3) is 0 Å². The number of hydrogen-bond donors (Lipinski definition) is 2. The molecule has 2 N–H and O–H groups in total. The van der Waals surface area contributed by atoms with Gasteiger partial charge in [0.05, 0.1) is 12.2 Å². The van der Waals surface area contributed by atoms with Gasteiger partial charge in [0.1, 0.15) is 0 Å². The zero-order valence-electron chi connectivity index (χ0n) is 12.0. The van der Waals surface area contributed by atoms with Gasteiger partial charge >= 0.3 is 5.97 Å². The molecule has 21 heavy (non-hydrogen) atoms. The van der Waals surface area contributed by atoms with Crippen molar-refractivity contribution in [3.05, 3.63) is 0 Å². The second-order valence-electron chi connectivity index (χ2n) is 7.40. The molecule has 5 nitrogen and oxygen atoms in total. The molecule has 7 heteroatoms. The second-order valence-corrected chi connectivity index (χ2v) is 10.1. The number of alkyl halides is 1. The molecule has 120 valence electrons. The molecule has 4 aliphatic carbocycles. The van der Waals surface area contributed by atoms with Crippen molar-refractivity contribution in [2.24, 2.45) is 17.3 Å². The second kappa shape index (κ2) is 5.10. The Morgan fingerprint density at radius 3 is 2.38 bits per heavy atom. The molecule has 0 aromatic rings. The highest BCUT2D eigenvalue weighted by Crippen LogP contribution is 2.63. The largest absolute Gasteiger partial charge is 0.481 e. The van der Waals surface area contributed by atoms with Crippen LogP contribution in [0.2, 0.25) is 0 Å². The van der Waals surface area contributed by atoms with Gasteiger partial charge in [-0.2, -0.15) is 0 Å². The standard InChI is InChI=1S/C14H22ClNO4S/c15-14-6-10-3-11(7-14)5-13(4-10,8-14)9-16-21(19,20)2-1-12(17)18/h10-11,16H,1-9H2,(H,17,18). The summed E-state index contributed by atoms with van der Waals surface area (Å²) in [5.74, 6) is -0.175. The van der Waals surface area contributed by atoms with E-state index in [9.17, 15) is 13.2 Å². The quantitative estimate of drug-likeness (QED) is 0.727. The van der Waals surface area contributed by atoms with E-state index >= 15 is 0 Å². The van der Waals surface area contributed by atoms with Gasteiger partial charge in [-0.25, -0.2) is 13.1 Å². The van der Waals surface area contributed by atoms with Crippen LogP contribution in [0, 0.1) is 17.3 Å². The average Bonchev–Trinajstić information content (AvgIpc) is 2.32. The molecule has 0 aliphatic heterocycles. The zero-order valence-corrected chi connectivity index (χ0v) is 13.5. The maximum absolute atomic E-state index is 11.9. The predicted octanol–water partition coefficient (Wildman–Crippen LogP) is 1.96. The smallest absolute Gasteiger partial charge is 0.304 e. The van der Waals surface area contributed by atoms with Crippen LogP contribution in [0.4, 0.5) is 0 Å². The first kappa shape index (κ1) is 15.6. The van der Waals surface area contributed by atoms with Gasteiger partial charge in [-0.3, -0.25) is 4.79 Å². The molecule has 0 heterocycles. The van der Waals surface area contributed by atoms with E-state index in [-0.39, 0.29) is 22.5 Å². The van der Waals surface area contributed by atoms with Gasteiger partial charge in [-0.15, -0.1) is 11.6 Å². The zero-order chi connectivity index (χ0) is 15.3. The summed E-state index contributed by atoms with van der Waals surface area (Å²) in [6.45, 7) is 0.413. The first-order chi connectivity index (χ1) is 9.69. The van der Waals surface area contributed by atoms with Crippen LogP contribution in [0.15, 0.2) is 0 Å². The lowest BCUT2D eigenvalue weighted by Crippen LogP contribution is -2.56. The van der Waals surface area contributed by atoms with Gasteiger partial charge in [0.15, 0.2) is 0 Å². The van der Waals surface area contributed by atoms with Crippen LogP contribution in [0.3, 0.4) is 0 Å². The Morgan fingerprint density at radius 1 is 1.24 bits per heavy atom. The maximum Gasteiger partial charge on any atom is 0.304 e. The fourth-order valence-electron chi connectivity index (χ4n) is 5.10. The third-order valence-corrected chi connectivity index (χ3v) is 7.13. The normalized spacial score (nSPS) is 41.4. The van der Waals surface area contributed by atoms with Gasteiger partial charge in [0, 0.05) is 11.4 Å². The molecular formula is C14H22ClNO4S. The Morgan fingerprint density at radius 2 is 1.86 bits per heavy atom. The summed E-state index contributed by atoms with van der Waals surface area (Å²) >= 11 is 6.72. The molecule has 4 saturated carbocycles. The van der Waals surface area contributed by atoms with E-state index in [4.69, 9.17) is 16.7 Å². The first-order valence-electron chi connectivity index (χ1n) is 7.57. The fraction of sp³-hybridized carbons (Fsp3) is 0.929. The summed E-state index contributed by atoms with van der Waals surface area (Å²) < 4.78 is 26.4. The summed E-state index contributed by atoms with van der Waals surface area (Å²) in [6, 6.07) is 0. The van der Waals surface area contributed by atoms with Crippen molar-refractivity contribution in [2.45, 2.75) is 49.8 Å². The van der Waals surface area contributed by atoms with Crippen LogP contribution >= 0.6 is 11.6 Å². The highest BCUT2D eigenvalue weighted by Gasteiger charge is 2.57. The number of nitrogens with one attached hydrogen (secondary N) is 1. The third-order valence-electron chi connectivity index (χ3n) is 5.36. The van der Waals surface area contributed by atoms with Crippen molar-refractivity contribution in [3.63, 3.8) is 0 Å². The van der Waals surface area contributed by atoms with Crippen LogP contribution in [0.25, 0.3) is 0 Å². The van der Waals surface area contributed by atoms with Crippen LogP contribution in [-0.4, -0.2) is 36.7 Å². The van der Waals surface area contributed by atoms with Crippen LogP contribution in [0.1, 0.15) is 44.9 Å². The third kappa shape index (κ3) is 3.37. The van der Waals surface area contributed by atoms with Crippen LogP contribution in [-0.2, 0) is 14.8 Å². The lowest BCUT2D eigenvalue weighted by Gasteiger charge is -2.60. The lowest BCUT2D eigenvalue weighted by atomic mass is 9.49. The van der Waals surface area contributed by atoms with E-state index < -0.39 is 16.0 Å². The highest BCUT2D eigenvalue weighted by atomic mass is 35.5. The average molecular weight is 336 g/mol. The van der Waals surface area contributed by atoms with Crippen molar-refractivity contribution in [1.29, 1.82) is 0 Å². The van der Waals surface area contributed by atoms with E-state index in [1.807, 2.05) is 0 Å². The Kier molecular flexibility index (Phi) is 3.78. The molecule has 2 atom stereocenters. The van der Waals surface area contributed by atoms with Crippen molar-refractivity contribution in [1.82, 2.24) is 4.72 Å². The monoisotopic (exact) mass is 335 g/mol. The molecule has 0 aromatic heterocycles. The number of rotatable bonds is 6. The molecule has 0 aromatic carbocycles. The van der Waals surface area contributed by atoms with Crippen LogP contribution < -0.4 is 4.72 Å². The Labute approximate surface area is 130 Å². The fourth-order valence-corrected chi connectivity index (χ4v) is 6.93. The molecular weight excluding hydrogens is 314 g/mol. The molecule has 4 rings (SSSR count).